The van der Waals surface area contributed by atoms with Crippen LogP contribution in [0.5, 0.6) is 0 Å². The van der Waals surface area contributed by atoms with Crippen molar-refractivity contribution in [2.24, 2.45) is 0 Å². The highest BCUT2D eigenvalue weighted by molar-refractivity contribution is 7.89. The highest BCUT2D eigenvalue weighted by Crippen LogP contribution is 2.38. The Hall–Kier alpha value is -1.67. The molecule has 0 amide bonds. The molecule has 150 valence electrons. The molecule has 0 spiro atoms. The standard InChI is InChI=1S/C19H18Cl2FNO4S/c1-27-18(24)14-4-2-5-16(22)17(14)28(25,26)23-19(8-3-9-19)11-12-6-7-13(20)10-15(12)21/h2,4-7,10,23H,3,8-9,11H2,1H3. The van der Waals surface area contributed by atoms with E-state index in [1.165, 1.54) is 12.1 Å². The van der Waals surface area contributed by atoms with Crippen LogP contribution in [0.3, 0.4) is 0 Å². The number of methoxy groups -OCH3 is 1. The van der Waals surface area contributed by atoms with Gasteiger partial charge >= 0.3 is 5.97 Å². The first-order valence-electron chi connectivity index (χ1n) is 8.52. The van der Waals surface area contributed by atoms with Crippen LogP contribution in [0.4, 0.5) is 4.39 Å². The predicted molar refractivity (Wildman–Crippen MR) is 105 cm³/mol. The lowest BCUT2D eigenvalue weighted by atomic mass is 9.74. The Kier molecular flexibility index (Phi) is 6.00. The van der Waals surface area contributed by atoms with Crippen LogP contribution < -0.4 is 4.72 Å². The quantitative estimate of drug-likeness (QED) is 0.670. The van der Waals surface area contributed by atoms with Crippen molar-refractivity contribution >= 4 is 39.2 Å². The Morgan fingerprint density at radius 3 is 2.54 bits per heavy atom. The van der Waals surface area contributed by atoms with Gasteiger partial charge in [-0.3, -0.25) is 0 Å². The highest BCUT2D eigenvalue weighted by atomic mass is 35.5. The van der Waals surface area contributed by atoms with Crippen LogP contribution in [0, 0.1) is 5.82 Å². The molecule has 0 aromatic heterocycles. The smallest absolute Gasteiger partial charge is 0.339 e. The zero-order valence-corrected chi connectivity index (χ0v) is 17.3. The van der Waals surface area contributed by atoms with Crippen LogP contribution in [-0.4, -0.2) is 27.0 Å². The van der Waals surface area contributed by atoms with Crippen molar-refractivity contribution in [3.8, 4) is 0 Å². The summed E-state index contributed by atoms with van der Waals surface area (Å²) in [6, 6.07) is 8.47. The molecule has 1 fully saturated rings. The lowest BCUT2D eigenvalue weighted by Crippen LogP contribution is -2.55. The molecule has 0 aliphatic heterocycles. The molecule has 1 saturated carbocycles. The van der Waals surface area contributed by atoms with Gasteiger partial charge in [0, 0.05) is 15.6 Å². The zero-order chi connectivity index (χ0) is 20.5. The summed E-state index contributed by atoms with van der Waals surface area (Å²) in [6.45, 7) is 0. The molecule has 0 radical (unpaired) electrons. The van der Waals surface area contributed by atoms with Gasteiger partial charge in [-0.25, -0.2) is 22.3 Å². The van der Waals surface area contributed by atoms with Crippen molar-refractivity contribution in [1.29, 1.82) is 0 Å². The van der Waals surface area contributed by atoms with E-state index in [1.54, 1.807) is 18.2 Å². The fourth-order valence-corrected chi connectivity index (χ4v) is 5.53. The normalized spacial score (nSPS) is 15.7. The summed E-state index contributed by atoms with van der Waals surface area (Å²) in [5.41, 5.74) is -0.435. The Balaban J connectivity index is 1.96. The first-order chi connectivity index (χ1) is 13.2. The second kappa shape index (κ2) is 7.99. The predicted octanol–water partition coefficient (Wildman–Crippen LogP) is 4.36. The summed E-state index contributed by atoms with van der Waals surface area (Å²) in [6.07, 6.45) is 2.26. The summed E-state index contributed by atoms with van der Waals surface area (Å²) >= 11 is 12.2. The van der Waals surface area contributed by atoms with E-state index in [1.807, 2.05) is 0 Å². The molecule has 1 N–H and O–H groups in total. The zero-order valence-electron chi connectivity index (χ0n) is 15.0. The number of hydrogen-bond acceptors (Lipinski definition) is 4. The van der Waals surface area contributed by atoms with E-state index in [0.29, 0.717) is 29.3 Å². The summed E-state index contributed by atoms with van der Waals surface area (Å²) in [4.78, 5) is 11.2. The van der Waals surface area contributed by atoms with Gasteiger partial charge in [0.1, 0.15) is 10.7 Å². The second-order valence-corrected chi connectivity index (χ2v) is 9.22. The second-order valence-electron chi connectivity index (χ2n) is 6.76. The fourth-order valence-electron chi connectivity index (χ4n) is 3.34. The first-order valence-corrected chi connectivity index (χ1v) is 10.8. The molecule has 9 heteroatoms. The Morgan fingerprint density at radius 1 is 1.25 bits per heavy atom. The van der Waals surface area contributed by atoms with Crippen molar-refractivity contribution < 1.29 is 22.3 Å². The number of halogens is 3. The van der Waals surface area contributed by atoms with E-state index in [0.717, 1.165) is 25.2 Å². The van der Waals surface area contributed by atoms with Gasteiger partial charge in [-0.2, -0.15) is 0 Å². The number of esters is 1. The van der Waals surface area contributed by atoms with Crippen LogP contribution in [-0.2, 0) is 21.2 Å². The summed E-state index contributed by atoms with van der Waals surface area (Å²) in [5.74, 6) is -1.95. The number of hydrogen-bond donors (Lipinski definition) is 1. The Labute approximate surface area is 172 Å². The maximum Gasteiger partial charge on any atom is 0.339 e. The van der Waals surface area contributed by atoms with E-state index < -0.39 is 32.2 Å². The SMILES string of the molecule is COC(=O)c1cccc(F)c1S(=O)(=O)NC1(Cc2ccc(Cl)cc2Cl)CCC1. The third kappa shape index (κ3) is 4.17. The molecule has 3 rings (SSSR count). The minimum absolute atomic E-state index is 0.324. The van der Waals surface area contributed by atoms with Crippen LogP contribution in [0.25, 0.3) is 0 Å². The van der Waals surface area contributed by atoms with Gasteiger partial charge in [0.15, 0.2) is 0 Å². The minimum Gasteiger partial charge on any atom is -0.465 e. The van der Waals surface area contributed by atoms with E-state index in [4.69, 9.17) is 23.2 Å². The molecule has 0 saturated heterocycles. The van der Waals surface area contributed by atoms with E-state index >= 15 is 0 Å². The topological polar surface area (TPSA) is 72.5 Å². The van der Waals surface area contributed by atoms with Gasteiger partial charge in [0.05, 0.1) is 12.7 Å². The van der Waals surface area contributed by atoms with Crippen LogP contribution in [0.1, 0.15) is 35.2 Å². The number of benzene rings is 2. The molecule has 0 unspecified atom stereocenters. The molecular formula is C19H18Cl2FNO4S. The molecule has 5 nitrogen and oxygen atoms in total. The molecule has 28 heavy (non-hydrogen) atoms. The number of carbonyl (C=O) groups excluding carboxylic acids is 1. The fraction of sp³-hybridized carbons (Fsp3) is 0.316. The lowest BCUT2D eigenvalue weighted by molar-refractivity contribution is 0.0595. The lowest BCUT2D eigenvalue weighted by Gasteiger charge is -2.42. The average Bonchev–Trinajstić information content (AvgIpc) is 2.60. The van der Waals surface area contributed by atoms with Gasteiger partial charge in [-0.1, -0.05) is 35.3 Å². The number of carbonyl (C=O) groups is 1. The number of ether oxygens (including phenoxy) is 1. The average molecular weight is 446 g/mol. The molecule has 1 aliphatic carbocycles. The largest absolute Gasteiger partial charge is 0.465 e. The summed E-state index contributed by atoms with van der Waals surface area (Å²) in [7, 11) is -3.23. The van der Waals surface area contributed by atoms with Crippen molar-refractivity contribution in [1.82, 2.24) is 4.72 Å². The van der Waals surface area contributed by atoms with Crippen molar-refractivity contribution in [2.75, 3.05) is 7.11 Å². The van der Waals surface area contributed by atoms with E-state index in [2.05, 4.69) is 9.46 Å². The molecule has 0 atom stereocenters. The van der Waals surface area contributed by atoms with Crippen molar-refractivity contribution in [3.63, 3.8) is 0 Å². The van der Waals surface area contributed by atoms with E-state index in [9.17, 15) is 17.6 Å². The molecule has 0 bridgehead atoms. The maximum atomic E-state index is 14.4. The van der Waals surface area contributed by atoms with Gasteiger partial charge in [-0.05, 0) is 55.5 Å². The summed E-state index contributed by atoms with van der Waals surface area (Å²) in [5, 5.41) is 0.908. The number of nitrogens with one attached hydrogen (secondary N) is 1. The van der Waals surface area contributed by atoms with E-state index in [-0.39, 0.29) is 5.56 Å². The van der Waals surface area contributed by atoms with Crippen molar-refractivity contribution in [3.05, 3.63) is 63.4 Å². The van der Waals surface area contributed by atoms with Gasteiger partial charge < -0.3 is 4.74 Å². The molecule has 1 aliphatic rings. The highest BCUT2D eigenvalue weighted by Gasteiger charge is 2.42. The van der Waals surface area contributed by atoms with Gasteiger partial charge in [0.25, 0.3) is 0 Å². The van der Waals surface area contributed by atoms with Crippen molar-refractivity contribution in [2.45, 2.75) is 36.1 Å². The van der Waals surface area contributed by atoms with Crippen LogP contribution >= 0.6 is 23.2 Å². The third-order valence-electron chi connectivity index (χ3n) is 4.85. The molecule has 0 heterocycles. The molecular weight excluding hydrogens is 428 g/mol. The third-order valence-corrected chi connectivity index (χ3v) is 7.09. The monoisotopic (exact) mass is 445 g/mol. The Morgan fingerprint density at radius 2 is 1.96 bits per heavy atom. The first kappa shape index (κ1) is 21.0. The number of rotatable bonds is 6. The Bertz CT molecular complexity index is 1020. The molecule has 2 aromatic rings. The van der Waals surface area contributed by atoms with Gasteiger partial charge in [-0.15, -0.1) is 0 Å². The van der Waals surface area contributed by atoms with Crippen LogP contribution in [0.15, 0.2) is 41.3 Å². The summed E-state index contributed by atoms with van der Waals surface area (Å²) < 4.78 is 47.6. The van der Waals surface area contributed by atoms with Crippen LogP contribution in [0.2, 0.25) is 10.0 Å². The number of sulfonamides is 1. The molecule has 2 aromatic carbocycles. The van der Waals surface area contributed by atoms with Gasteiger partial charge in [0.2, 0.25) is 10.0 Å². The maximum absolute atomic E-state index is 14.4. The minimum atomic E-state index is -4.33.